The molecule has 336 valence electrons. The van der Waals surface area contributed by atoms with Crippen molar-refractivity contribution in [3.05, 3.63) is 70.2 Å². The van der Waals surface area contributed by atoms with Crippen LogP contribution in [0.4, 0.5) is 20.3 Å². The van der Waals surface area contributed by atoms with Crippen LogP contribution in [0.5, 0.6) is 0 Å². The standard InChI is InChI=1S/C45H52F2N12O5/c1-53-39-30(4-2-6-34(39)59(44(53)63)35-11-12-37(60)51-43(35)62)5-3-16-54-18-20-55(21-19-54)25-29-7-9-31(10-8-29)58-26-33(38(52-58)40(46)47)49-42(61)32-24-48-57-17-13-36(50-41(32)57)56-27-45(28-56)14-22-64-23-15-45/h2,4,6,13,17,24,26,29,31,35,40H,7-12,14-16,18-23,25,27-28H2,1H3,(H,49,61)(H,51,60,62). The Morgan fingerprint density at radius 2 is 1.78 bits per heavy atom. The fraction of sp³-hybridized carbons (Fsp3) is 0.533. The molecule has 5 fully saturated rings. The number of piperazine rings is 1. The van der Waals surface area contributed by atoms with E-state index in [1.165, 1.54) is 19.8 Å². The molecule has 4 aliphatic heterocycles. The molecule has 8 heterocycles. The average Bonchev–Trinajstić information content (AvgIpc) is 3.98. The number of rotatable bonds is 9. The maximum atomic E-state index is 14.3. The van der Waals surface area contributed by atoms with E-state index in [2.05, 4.69) is 47.4 Å². The van der Waals surface area contributed by atoms with Gasteiger partial charge in [-0.3, -0.25) is 38.4 Å². The Kier molecular flexibility index (Phi) is 11.3. The van der Waals surface area contributed by atoms with E-state index >= 15 is 0 Å². The molecule has 1 aromatic carbocycles. The third kappa shape index (κ3) is 8.07. The van der Waals surface area contributed by atoms with Crippen LogP contribution in [0.1, 0.15) is 91.5 Å². The summed E-state index contributed by atoms with van der Waals surface area (Å²) in [5.41, 5.74) is 2.03. The number of amides is 3. The highest BCUT2D eigenvalue weighted by Gasteiger charge is 2.44. The Balaban J connectivity index is 0.712. The summed E-state index contributed by atoms with van der Waals surface area (Å²) in [5.74, 6) is 6.45. The highest BCUT2D eigenvalue weighted by atomic mass is 19.3. The third-order valence-electron chi connectivity index (χ3n) is 14.1. The number of imide groups is 1. The van der Waals surface area contributed by atoms with Gasteiger partial charge >= 0.3 is 5.69 Å². The van der Waals surface area contributed by atoms with Gasteiger partial charge in [0.2, 0.25) is 11.8 Å². The lowest BCUT2D eigenvalue weighted by Crippen LogP contribution is -2.58. The number of halogens is 2. The first-order valence-electron chi connectivity index (χ1n) is 22.4. The molecule has 1 spiro atoms. The Labute approximate surface area is 367 Å². The number of carbonyl (C=O) groups excluding carboxylic acids is 3. The van der Waals surface area contributed by atoms with Crippen LogP contribution in [0.25, 0.3) is 16.7 Å². The molecule has 64 heavy (non-hydrogen) atoms. The molecule has 5 aromatic rings. The molecule has 19 heteroatoms. The monoisotopic (exact) mass is 878 g/mol. The second-order valence-electron chi connectivity index (χ2n) is 18.1. The van der Waals surface area contributed by atoms with Crippen LogP contribution in [0.15, 0.2) is 47.7 Å². The number of anilines is 2. The summed E-state index contributed by atoms with van der Waals surface area (Å²) in [7, 11) is 1.68. The number of fused-ring (bicyclic) bond motifs is 2. The first-order valence-corrected chi connectivity index (χ1v) is 22.4. The van der Waals surface area contributed by atoms with Gasteiger partial charge < -0.3 is 19.9 Å². The maximum Gasteiger partial charge on any atom is 0.329 e. The van der Waals surface area contributed by atoms with Crippen molar-refractivity contribution < 1.29 is 27.9 Å². The lowest BCUT2D eigenvalue weighted by molar-refractivity contribution is -0.135. The molecule has 4 aromatic heterocycles. The highest BCUT2D eigenvalue weighted by Crippen LogP contribution is 2.42. The second kappa shape index (κ2) is 17.2. The quantitative estimate of drug-likeness (QED) is 0.163. The van der Waals surface area contributed by atoms with Crippen LogP contribution in [0.2, 0.25) is 0 Å². The Morgan fingerprint density at radius 1 is 1.02 bits per heavy atom. The molecular formula is C45H52F2N12O5. The summed E-state index contributed by atoms with van der Waals surface area (Å²) in [5, 5.41) is 13.7. The van der Waals surface area contributed by atoms with E-state index in [4.69, 9.17) is 9.72 Å². The zero-order valence-corrected chi connectivity index (χ0v) is 35.8. The maximum absolute atomic E-state index is 14.3. The summed E-state index contributed by atoms with van der Waals surface area (Å²) < 4.78 is 40.4. The first-order chi connectivity index (χ1) is 31.0. The van der Waals surface area contributed by atoms with E-state index < -0.39 is 30.0 Å². The largest absolute Gasteiger partial charge is 0.381 e. The number of nitrogens with zero attached hydrogens (tertiary/aromatic N) is 10. The van der Waals surface area contributed by atoms with Crippen molar-refractivity contribution in [1.82, 2.24) is 48.6 Å². The molecule has 1 atom stereocenters. The average molecular weight is 879 g/mol. The van der Waals surface area contributed by atoms with Crippen molar-refractivity contribution in [2.75, 3.05) is 75.8 Å². The van der Waals surface area contributed by atoms with Gasteiger partial charge in [-0.2, -0.15) is 10.2 Å². The molecular weight excluding hydrogens is 827 g/mol. The van der Waals surface area contributed by atoms with E-state index in [1.807, 2.05) is 24.3 Å². The van der Waals surface area contributed by atoms with Crippen molar-refractivity contribution in [2.24, 2.45) is 18.4 Å². The molecule has 2 N–H and O–H groups in total. The molecule has 5 aliphatic rings. The molecule has 10 rings (SSSR count). The number of aromatic nitrogens is 7. The lowest BCUT2D eigenvalue weighted by Gasteiger charge is -2.52. The molecule has 17 nitrogen and oxygen atoms in total. The number of para-hydroxylation sites is 1. The van der Waals surface area contributed by atoms with Gasteiger partial charge in [-0.25, -0.2) is 23.1 Å². The Hall–Kier alpha value is -5.97. The van der Waals surface area contributed by atoms with Crippen LogP contribution < -0.4 is 21.2 Å². The van der Waals surface area contributed by atoms with Crippen LogP contribution in [-0.2, 0) is 21.4 Å². The predicted molar refractivity (Wildman–Crippen MR) is 232 cm³/mol. The third-order valence-corrected chi connectivity index (χ3v) is 14.1. The summed E-state index contributed by atoms with van der Waals surface area (Å²) >= 11 is 0. The highest BCUT2D eigenvalue weighted by molar-refractivity contribution is 6.08. The minimum absolute atomic E-state index is 0.00377. The number of benzene rings is 1. The van der Waals surface area contributed by atoms with E-state index in [-0.39, 0.29) is 47.1 Å². The van der Waals surface area contributed by atoms with Crippen LogP contribution in [0.3, 0.4) is 0 Å². The number of imidazole rings is 1. The second-order valence-corrected chi connectivity index (χ2v) is 18.1. The van der Waals surface area contributed by atoms with Crippen LogP contribution in [0, 0.1) is 23.2 Å². The van der Waals surface area contributed by atoms with Gasteiger partial charge in [-0.15, -0.1) is 0 Å². The van der Waals surface area contributed by atoms with Crippen molar-refractivity contribution in [1.29, 1.82) is 0 Å². The molecule has 1 saturated carbocycles. The Morgan fingerprint density at radius 3 is 2.53 bits per heavy atom. The minimum Gasteiger partial charge on any atom is -0.381 e. The molecule has 1 aliphatic carbocycles. The first kappa shape index (κ1) is 42.0. The zero-order valence-electron chi connectivity index (χ0n) is 35.8. The van der Waals surface area contributed by atoms with E-state index in [1.54, 1.807) is 24.1 Å². The van der Waals surface area contributed by atoms with Crippen molar-refractivity contribution in [3.63, 3.8) is 0 Å². The molecule has 3 amide bonds. The number of nitrogens with one attached hydrogen (secondary N) is 2. The molecule has 1 unspecified atom stereocenters. The predicted octanol–water partition coefficient (Wildman–Crippen LogP) is 3.76. The van der Waals surface area contributed by atoms with Gasteiger partial charge in [0.1, 0.15) is 17.4 Å². The van der Waals surface area contributed by atoms with Crippen molar-refractivity contribution in [2.45, 2.75) is 69.9 Å². The SMILES string of the molecule is Cn1c(=O)n(C2CCC(=O)NC2=O)c2cccc(C#CCN3CCN(CC4CCC(n5cc(NC(=O)c6cnn7ccc(N8CC9(CCOCC9)C8)nc67)c(C(F)F)n5)CC4)CC3)c21. The van der Waals surface area contributed by atoms with Gasteiger partial charge in [-0.05, 0) is 69.1 Å². The fourth-order valence-electron chi connectivity index (χ4n) is 10.4. The van der Waals surface area contributed by atoms with Gasteiger partial charge in [-0.1, -0.05) is 17.9 Å². The number of alkyl halides is 2. The minimum atomic E-state index is -2.86. The molecule has 0 bridgehead atoms. The van der Waals surface area contributed by atoms with E-state index in [9.17, 15) is 28.0 Å². The van der Waals surface area contributed by atoms with Crippen molar-refractivity contribution in [3.8, 4) is 11.8 Å². The lowest BCUT2D eigenvalue weighted by atomic mass is 9.73. The number of hydrogen-bond donors (Lipinski definition) is 2. The topological polar surface area (TPSA) is 169 Å². The number of hydrogen-bond acceptors (Lipinski definition) is 11. The smallest absolute Gasteiger partial charge is 0.329 e. The van der Waals surface area contributed by atoms with Crippen LogP contribution >= 0.6 is 0 Å². The summed E-state index contributed by atoms with van der Waals surface area (Å²) in [6.07, 6.45) is 7.87. The molecule has 4 saturated heterocycles. The number of ether oxygens (including phenoxy) is 1. The number of carbonyl (C=O) groups is 3. The number of piperidine rings is 1. The van der Waals surface area contributed by atoms with E-state index in [0.29, 0.717) is 34.7 Å². The van der Waals surface area contributed by atoms with Crippen molar-refractivity contribution >= 4 is 45.9 Å². The zero-order chi connectivity index (χ0) is 44.1. The summed E-state index contributed by atoms with van der Waals surface area (Å²) in [6.45, 7) is 8.43. The fourth-order valence-corrected chi connectivity index (χ4v) is 10.4. The van der Waals surface area contributed by atoms with E-state index in [0.717, 1.165) is 103 Å². The van der Waals surface area contributed by atoms with Gasteiger partial charge in [0.05, 0.1) is 41.1 Å². The number of aryl methyl sites for hydroxylation is 1. The van der Waals surface area contributed by atoms with Gasteiger partial charge in [0.25, 0.3) is 12.3 Å². The van der Waals surface area contributed by atoms with Gasteiger partial charge in [0.15, 0.2) is 11.3 Å². The summed E-state index contributed by atoms with van der Waals surface area (Å²) in [4.78, 5) is 63.0. The van der Waals surface area contributed by atoms with Crippen LogP contribution in [-0.4, -0.2) is 127 Å². The Bertz CT molecular complexity index is 2720. The van der Waals surface area contributed by atoms with Gasteiger partial charge in [0, 0.05) is 90.3 Å². The molecule has 0 radical (unpaired) electrons. The normalized spacial score (nSPS) is 23.1. The summed E-state index contributed by atoms with van der Waals surface area (Å²) in [6, 6.07) is 6.61.